The highest BCUT2D eigenvalue weighted by atomic mass is 16.5. The number of nitrogens with zero attached hydrogens (tertiary/aromatic N) is 3. The topological polar surface area (TPSA) is 39.2 Å². The first-order valence-electron chi connectivity index (χ1n) is 12.0. The van der Waals surface area contributed by atoms with Crippen LogP contribution in [0, 0.1) is 0 Å². The third kappa shape index (κ3) is 8.45. The van der Waals surface area contributed by atoms with Gasteiger partial charge in [-0.05, 0) is 80.8 Å². The maximum Gasteiger partial charge on any atom is 0.0599 e. The summed E-state index contributed by atoms with van der Waals surface area (Å²) in [6, 6.07) is 1.54. The Hall–Kier alpha value is -0.200. The predicted octanol–water partition coefficient (Wildman–Crippen LogP) is 3.85. The zero-order valence-corrected chi connectivity index (χ0v) is 21.0. The van der Waals surface area contributed by atoms with Gasteiger partial charge in [-0.1, -0.05) is 13.8 Å². The molecule has 174 valence electrons. The van der Waals surface area contributed by atoms with E-state index in [2.05, 4.69) is 63.2 Å². The first kappa shape index (κ1) is 26.8. The van der Waals surface area contributed by atoms with Crippen LogP contribution in [0.1, 0.15) is 81.6 Å². The lowest BCUT2D eigenvalue weighted by atomic mass is 9.93. The van der Waals surface area contributed by atoms with Crippen LogP contribution in [0.2, 0.25) is 0 Å². The van der Waals surface area contributed by atoms with Gasteiger partial charge in [0.2, 0.25) is 0 Å². The van der Waals surface area contributed by atoms with Gasteiger partial charge in [0.05, 0.1) is 12.2 Å². The number of likely N-dealkylation sites (tertiary alicyclic amines) is 1. The summed E-state index contributed by atoms with van der Waals surface area (Å²) in [5.41, 5.74) is 0.0268. The number of aliphatic hydroxyl groups excluding tert-OH is 1. The molecule has 2 saturated heterocycles. The number of hydrogen-bond donors (Lipinski definition) is 1. The Morgan fingerprint density at radius 2 is 1.55 bits per heavy atom. The average molecular weight is 414 g/mol. The van der Waals surface area contributed by atoms with Gasteiger partial charge in [-0.2, -0.15) is 0 Å². The van der Waals surface area contributed by atoms with Crippen LogP contribution in [0.15, 0.2) is 0 Å². The van der Waals surface area contributed by atoms with Gasteiger partial charge in [0.1, 0.15) is 0 Å². The van der Waals surface area contributed by atoms with Crippen molar-refractivity contribution in [2.24, 2.45) is 0 Å². The molecule has 0 radical (unpaired) electrons. The molecular weight excluding hydrogens is 362 g/mol. The standard InChI is InChI=1S/C22H45N3O2.C2H6/c1-18(2)23-11-8-19(9-12-23)25-14-13-24(16-20(25)17-26)22(6,7)10-15-27-21(3,4)5;1-2/h18-20,26H,8-17H2,1-7H3;1-2H3. The van der Waals surface area contributed by atoms with Crippen molar-refractivity contribution in [3.8, 4) is 0 Å². The maximum absolute atomic E-state index is 10.1. The van der Waals surface area contributed by atoms with Gasteiger partial charge in [0.25, 0.3) is 0 Å². The number of ether oxygens (including phenoxy) is 1. The molecule has 0 aromatic carbocycles. The van der Waals surface area contributed by atoms with Crippen molar-refractivity contribution in [2.75, 3.05) is 45.9 Å². The molecule has 29 heavy (non-hydrogen) atoms. The highest BCUT2D eigenvalue weighted by Gasteiger charge is 2.38. The van der Waals surface area contributed by atoms with E-state index in [9.17, 15) is 5.11 Å². The molecule has 0 bridgehead atoms. The van der Waals surface area contributed by atoms with Gasteiger partial charge in [-0.15, -0.1) is 0 Å². The van der Waals surface area contributed by atoms with Gasteiger partial charge >= 0.3 is 0 Å². The van der Waals surface area contributed by atoms with E-state index >= 15 is 0 Å². The Morgan fingerprint density at radius 1 is 0.966 bits per heavy atom. The molecule has 0 spiro atoms. The predicted molar refractivity (Wildman–Crippen MR) is 125 cm³/mol. The van der Waals surface area contributed by atoms with E-state index in [1.54, 1.807) is 0 Å². The molecule has 0 amide bonds. The molecule has 2 aliphatic heterocycles. The Labute approximate surface area is 181 Å². The highest BCUT2D eigenvalue weighted by molar-refractivity contribution is 4.94. The fourth-order valence-corrected chi connectivity index (χ4v) is 4.56. The minimum absolute atomic E-state index is 0.0761. The van der Waals surface area contributed by atoms with E-state index in [1.165, 1.54) is 25.9 Å². The van der Waals surface area contributed by atoms with Gasteiger partial charge < -0.3 is 14.7 Å². The Bertz CT molecular complexity index is 440. The van der Waals surface area contributed by atoms with E-state index in [0.717, 1.165) is 32.7 Å². The zero-order chi connectivity index (χ0) is 22.2. The smallest absolute Gasteiger partial charge is 0.0599 e. The third-order valence-electron chi connectivity index (χ3n) is 6.54. The van der Waals surface area contributed by atoms with Crippen molar-refractivity contribution < 1.29 is 9.84 Å². The van der Waals surface area contributed by atoms with E-state index in [4.69, 9.17) is 4.74 Å². The average Bonchev–Trinajstić information content (AvgIpc) is 2.68. The molecular formula is C24H51N3O2. The molecule has 1 unspecified atom stereocenters. The molecule has 1 atom stereocenters. The van der Waals surface area contributed by atoms with Crippen LogP contribution in [-0.2, 0) is 4.74 Å². The molecule has 5 heteroatoms. The second kappa shape index (κ2) is 12.0. The van der Waals surface area contributed by atoms with Crippen molar-refractivity contribution in [1.82, 2.24) is 14.7 Å². The molecule has 1 N–H and O–H groups in total. The van der Waals surface area contributed by atoms with E-state index in [-0.39, 0.29) is 23.8 Å². The highest BCUT2D eigenvalue weighted by Crippen LogP contribution is 2.28. The molecule has 0 aliphatic carbocycles. The van der Waals surface area contributed by atoms with Gasteiger partial charge in [0.15, 0.2) is 0 Å². The quantitative estimate of drug-likeness (QED) is 0.686. The van der Waals surface area contributed by atoms with Crippen molar-refractivity contribution in [3.63, 3.8) is 0 Å². The van der Waals surface area contributed by atoms with E-state index < -0.39 is 0 Å². The SMILES string of the molecule is CC.CC(C)N1CCC(N2CCN(C(C)(C)CCOC(C)(C)C)CC2CO)CC1. The second-order valence-electron chi connectivity index (χ2n) is 10.4. The summed E-state index contributed by atoms with van der Waals surface area (Å²) in [6.45, 7) is 26.1. The fraction of sp³-hybridized carbons (Fsp3) is 1.00. The lowest BCUT2D eigenvalue weighted by Gasteiger charge is -2.51. The summed E-state index contributed by atoms with van der Waals surface area (Å²) in [4.78, 5) is 7.76. The van der Waals surface area contributed by atoms with E-state index in [0.29, 0.717) is 12.1 Å². The van der Waals surface area contributed by atoms with Gasteiger partial charge in [-0.3, -0.25) is 9.80 Å². The summed E-state index contributed by atoms with van der Waals surface area (Å²) >= 11 is 0. The first-order valence-corrected chi connectivity index (χ1v) is 12.0. The monoisotopic (exact) mass is 413 g/mol. The summed E-state index contributed by atoms with van der Waals surface area (Å²) < 4.78 is 5.96. The van der Waals surface area contributed by atoms with Crippen molar-refractivity contribution >= 4 is 0 Å². The lowest BCUT2D eigenvalue weighted by Crippen LogP contribution is -2.63. The van der Waals surface area contributed by atoms with Crippen molar-refractivity contribution in [2.45, 2.75) is 111 Å². The van der Waals surface area contributed by atoms with Gasteiger partial charge in [-0.25, -0.2) is 0 Å². The molecule has 0 saturated carbocycles. The summed E-state index contributed by atoms with van der Waals surface area (Å²) in [5, 5.41) is 10.1. The van der Waals surface area contributed by atoms with Crippen LogP contribution in [0.25, 0.3) is 0 Å². The van der Waals surface area contributed by atoms with Gasteiger partial charge in [0, 0.05) is 49.9 Å². The largest absolute Gasteiger partial charge is 0.395 e. The zero-order valence-electron chi connectivity index (χ0n) is 21.0. The van der Waals surface area contributed by atoms with Crippen LogP contribution in [-0.4, -0.2) is 95.0 Å². The van der Waals surface area contributed by atoms with Crippen LogP contribution in [0.3, 0.4) is 0 Å². The van der Waals surface area contributed by atoms with Crippen molar-refractivity contribution in [3.05, 3.63) is 0 Å². The summed E-state index contributed by atoms with van der Waals surface area (Å²) in [6.07, 6.45) is 3.49. The maximum atomic E-state index is 10.1. The number of aliphatic hydroxyl groups is 1. The lowest BCUT2D eigenvalue weighted by molar-refractivity contribution is -0.0582. The van der Waals surface area contributed by atoms with Crippen LogP contribution < -0.4 is 0 Å². The molecule has 0 aromatic rings. The first-order chi connectivity index (χ1) is 13.5. The summed E-state index contributed by atoms with van der Waals surface area (Å²) in [5.74, 6) is 0. The Balaban J connectivity index is 0.00000204. The third-order valence-corrected chi connectivity index (χ3v) is 6.54. The van der Waals surface area contributed by atoms with Crippen LogP contribution in [0.4, 0.5) is 0 Å². The molecule has 2 aliphatic rings. The number of rotatable bonds is 7. The molecule has 2 rings (SSSR count). The minimum atomic E-state index is -0.0761. The number of hydrogen-bond acceptors (Lipinski definition) is 5. The normalized spacial score (nSPS) is 23.9. The Morgan fingerprint density at radius 3 is 2.03 bits per heavy atom. The second-order valence-corrected chi connectivity index (χ2v) is 10.4. The Kier molecular flexibility index (Phi) is 11.1. The molecule has 2 fully saturated rings. The number of piperidine rings is 1. The fourth-order valence-electron chi connectivity index (χ4n) is 4.56. The minimum Gasteiger partial charge on any atom is -0.395 e. The van der Waals surface area contributed by atoms with Crippen LogP contribution >= 0.6 is 0 Å². The van der Waals surface area contributed by atoms with E-state index in [1.807, 2.05) is 13.8 Å². The number of piperazine rings is 1. The molecule has 2 heterocycles. The van der Waals surface area contributed by atoms with Crippen molar-refractivity contribution in [1.29, 1.82) is 0 Å². The molecule has 0 aromatic heterocycles. The summed E-state index contributed by atoms with van der Waals surface area (Å²) in [7, 11) is 0. The molecule has 5 nitrogen and oxygen atoms in total. The van der Waals surface area contributed by atoms with Crippen LogP contribution in [0.5, 0.6) is 0 Å².